The van der Waals surface area contributed by atoms with E-state index in [4.69, 9.17) is 19.3 Å². The summed E-state index contributed by atoms with van der Waals surface area (Å²) in [6.07, 6.45) is 0.583. The molecule has 1 rings (SSSR count). The topological polar surface area (TPSA) is 65.0 Å². The molecule has 0 amide bonds. The van der Waals surface area contributed by atoms with Crippen LogP contribution in [0, 0.1) is 5.82 Å². The van der Waals surface area contributed by atoms with Gasteiger partial charge >= 0.3 is 5.97 Å². The van der Waals surface area contributed by atoms with Crippen LogP contribution in [0.3, 0.4) is 0 Å². The van der Waals surface area contributed by atoms with Crippen LogP contribution in [0.1, 0.15) is 16.8 Å². The molecule has 1 aromatic carbocycles. The number of carboxylic acids is 1. The zero-order chi connectivity index (χ0) is 14.1. The molecule has 0 aliphatic rings. The number of halogens is 1. The fraction of sp³-hybridized carbons (Fsp3) is 0.462. The lowest BCUT2D eigenvalue weighted by molar-refractivity contribution is 0.0636. The summed E-state index contributed by atoms with van der Waals surface area (Å²) in [5.74, 6) is -2.12. The van der Waals surface area contributed by atoms with Gasteiger partial charge < -0.3 is 19.3 Å². The fourth-order valence-corrected chi connectivity index (χ4v) is 1.42. The summed E-state index contributed by atoms with van der Waals surface area (Å²) < 4.78 is 28.6. The summed E-state index contributed by atoms with van der Waals surface area (Å²) in [6.45, 7) is 1.75. The quantitative estimate of drug-likeness (QED) is 0.696. The molecule has 0 aliphatic heterocycles. The minimum absolute atomic E-state index is 0.0318. The molecule has 6 heteroatoms. The Hall–Kier alpha value is -1.66. The molecule has 0 saturated carbocycles. The predicted molar refractivity (Wildman–Crippen MR) is 66.2 cm³/mol. The van der Waals surface area contributed by atoms with Crippen molar-refractivity contribution in [3.8, 4) is 5.75 Å². The van der Waals surface area contributed by atoms with E-state index < -0.39 is 17.3 Å². The number of hydrogen-bond acceptors (Lipinski definition) is 4. The van der Waals surface area contributed by atoms with E-state index >= 15 is 0 Å². The number of carbonyl (C=O) groups is 1. The largest absolute Gasteiger partial charge is 0.492 e. The Morgan fingerprint density at radius 2 is 2.05 bits per heavy atom. The lowest BCUT2D eigenvalue weighted by atomic mass is 10.2. The van der Waals surface area contributed by atoms with Crippen LogP contribution >= 0.6 is 0 Å². The van der Waals surface area contributed by atoms with Crippen molar-refractivity contribution in [1.82, 2.24) is 0 Å². The second-order valence-corrected chi connectivity index (χ2v) is 3.73. The maximum atomic E-state index is 13.3. The fourth-order valence-electron chi connectivity index (χ4n) is 1.42. The maximum Gasteiger partial charge on any atom is 0.342 e. The summed E-state index contributed by atoms with van der Waals surface area (Å²) in [5, 5.41) is 8.89. The van der Waals surface area contributed by atoms with Gasteiger partial charge in [-0.05, 0) is 12.1 Å². The zero-order valence-electron chi connectivity index (χ0n) is 10.7. The van der Waals surface area contributed by atoms with Gasteiger partial charge in [-0.1, -0.05) is 6.07 Å². The van der Waals surface area contributed by atoms with Gasteiger partial charge in [0.2, 0.25) is 0 Å². The molecule has 0 bridgehead atoms. The van der Waals surface area contributed by atoms with Crippen molar-refractivity contribution in [3.63, 3.8) is 0 Å². The summed E-state index contributed by atoms with van der Waals surface area (Å²) >= 11 is 0. The highest BCUT2D eigenvalue weighted by Crippen LogP contribution is 2.21. The number of methoxy groups -OCH3 is 1. The van der Waals surface area contributed by atoms with Crippen LogP contribution in [0.5, 0.6) is 5.75 Å². The Kier molecular flexibility index (Phi) is 6.84. The van der Waals surface area contributed by atoms with Crippen molar-refractivity contribution in [2.45, 2.75) is 6.42 Å². The molecule has 0 spiro atoms. The van der Waals surface area contributed by atoms with Gasteiger partial charge in [0.05, 0.1) is 19.8 Å². The Morgan fingerprint density at radius 1 is 1.26 bits per heavy atom. The zero-order valence-corrected chi connectivity index (χ0v) is 10.7. The number of carboxylic acid groups (broad SMARTS) is 1. The lowest BCUT2D eigenvalue weighted by Crippen LogP contribution is -2.09. The van der Waals surface area contributed by atoms with Crippen LogP contribution in [0.2, 0.25) is 0 Å². The first-order valence-electron chi connectivity index (χ1n) is 5.88. The molecular weight excluding hydrogens is 255 g/mol. The van der Waals surface area contributed by atoms with Crippen molar-refractivity contribution < 1.29 is 28.5 Å². The van der Waals surface area contributed by atoms with E-state index in [9.17, 15) is 9.18 Å². The van der Waals surface area contributed by atoms with Crippen LogP contribution in [-0.2, 0) is 9.47 Å². The summed E-state index contributed by atoms with van der Waals surface area (Å²) in [7, 11) is 1.59. The van der Waals surface area contributed by atoms with E-state index in [2.05, 4.69) is 0 Å². The Bertz CT molecular complexity index is 408. The van der Waals surface area contributed by atoms with Crippen molar-refractivity contribution in [2.24, 2.45) is 0 Å². The predicted octanol–water partition coefficient (Wildman–Crippen LogP) is 1.96. The Morgan fingerprint density at radius 3 is 2.74 bits per heavy atom. The van der Waals surface area contributed by atoms with Gasteiger partial charge in [-0.15, -0.1) is 0 Å². The summed E-state index contributed by atoms with van der Waals surface area (Å²) in [6, 6.07) is 3.93. The van der Waals surface area contributed by atoms with Gasteiger partial charge in [0.15, 0.2) is 0 Å². The second kappa shape index (κ2) is 8.44. The smallest absolute Gasteiger partial charge is 0.342 e. The standard InChI is InChI=1S/C13H17FO5/c1-17-8-9-18-6-3-7-19-11-5-2-4-10(14)12(11)13(15)16/h2,4-5H,3,6-9H2,1H3,(H,15,16). The van der Waals surface area contributed by atoms with Gasteiger partial charge in [-0.25, -0.2) is 9.18 Å². The molecule has 0 aromatic heterocycles. The minimum Gasteiger partial charge on any atom is -0.492 e. The molecule has 5 nitrogen and oxygen atoms in total. The highest BCUT2D eigenvalue weighted by molar-refractivity contribution is 5.91. The monoisotopic (exact) mass is 272 g/mol. The third-order valence-electron chi connectivity index (χ3n) is 2.31. The average Bonchev–Trinajstić information content (AvgIpc) is 2.37. The second-order valence-electron chi connectivity index (χ2n) is 3.73. The molecule has 1 N–H and O–H groups in total. The van der Waals surface area contributed by atoms with Crippen molar-refractivity contribution in [1.29, 1.82) is 0 Å². The first kappa shape index (κ1) is 15.4. The third kappa shape index (κ3) is 5.23. The molecule has 0 fully saturated rings. The molecule has 19 heavy (non-hydrogen) atoms. The van der Waals surface area contributed by atoms with Crippen LogP contribution in [0.25, 0.3) is 0 Å². The van der Waals surface area contributed by atoms with Crippen LogP contribution in [0.15, 0.2) is 18.2 Å². The van der Waals surface area contributed by atoms with Gasteiger partial charge in [0, 0.05) is 20.1 Å². The summed E-state index contributed by atoms with van der Waals surface area (Å²) in [4.78, 5) is 10.9. The van der Waals surface area contributed by atoms with E-state index in [1.807, 2.05) is 0 Å². The van der Waals surface area contributed by atoms with Crippen LogP contribution < -0.4 is 4.74 Å². The van der Waals surface area contributed by atoms with Crippen LogP contribution in [0.4, 0.5) is 4.39 Å². The van der Waals surface area contributed by atoms with Gasteiger partial charge in [0.25, 0.3) is 0 Å². The van der Waals surface area contributed by atoms with Gasteiger partial charge in [0.1, 0.15) is 17.1 Å². The lowest BCUT2D eigenvalue weighted by Gasteiger charge is -2.09. The third-order valence-corrected chi connectivity index (χ3v) is 2.31. The molecular formula is C13H17FO5. The van der Waals surface area contributed by atoms with Crippen LogP contribution in [-0.4, -0.2) is 44.6 Å². The highest BCUT2D eigenvalue weighted by atomic mass is 19.1. The molecule has 1 aromatic rings. The first-order chi connectivity index (χ1) is 9.16. The minimum atomic E-state index is -1.34. The molecule has 0 atom stereocenters. The van der Waals surface area contributed by atoms with E-state index in [1.54, 1.807) is 7.11 Å². The van der Waals surface area contributed by atoms with Crippen molar-refractivity contribution in [3.05, 3.63) is 29.6 Å². The molecule has 0 heterocycles. The van der Waals surface area contributed by atoms with Crippen molar-refractivity contribution in [2.75, 3.05) is 33.5 Å². The van der Waals surface area contributed by atoms with Gasteiger partial charge in [-0.3, -0.25) is 0 Å². The van der Waals surface area contributed by atoms with E-state index in [1.165, 1.54) is 12.1 Å². The number of hydrogen-bond donors (Lipinski definition) is 1. The normalized spacial score (nSPS) is 10.4. The van der Waals surface area contributed by atoms with Crippen molar-refractivity contribution >= 4 is 5.97 Å². The SMILES string of the molecule is COCCOCCCOc1cccc(F)c1C(=O)O. The van der Waals surface area contributed by atoms with Gasteiger partial charge in [-0.2, -0.15) is 0 Å². The van der Waals surface area contributed by atoms with E-state index in [-0.39, 0.29) is 12.4 Å². The maximum absolute atomic E-state index is 13.3. The molecule has 106 valence electrons. The Balaban J connectivity index is 2.37. The number of ether oxygens (including phenoxy) is 3. The molecule has 0 unspecified atom stereocenters. The number of rotatable bonds is 9. The number of benzene rings is 1. The van der Waals surface area contributed by atoms with E-state index in [0.717, 1.165) is 6.07 Å². The Labute approximate surface area is 110 Å². The number of aromatic carboxylic acids is 1. The molecule has 0 radical (unpaired) electrons. The molecule has 0 aliphatic carbocycles. The molecule has 0 saturated heterocycles. The first-order valence-corrected chi connectivity index (χ1v) is 5.88. The summed E-state index contributed by atoms with van der Waals surface area (Å²) in [5.41, 5.74) is -0.442. The average molecular weight is 272 g/mol. The highest BCUT2D eigenvalue weighted by Gasteiger charge is 2.16. The van der Waals surface area contributed by atoms with E-state index in [0.29, 0.717) is 26.2 Å².